The number of nitrogens with zero attached hydrogens (tertiary/aromatic N) is 5. The molecular weight excluding hydrogens is 571 g/mol. The van der Waals surface area contributed by atoms with Crippen LogP contribution in [0.4, 0.5) is 30.6 Å². The number of H-pyrrole nitrogens is 1. The van der Waals surface area contributed by atoms with Gasteiger partial charge in [0.25, 0.3) is 0 Å². The van der Waals surface area contributed by atoms with Gasteiger partial charge in [-0.15, -0.1) is 0 Å². The van der Waals surface area contributed by atoms with E-state index in [1.54, 1.807) is 12.1 Å². The minimum Gasteiger partial charge on any atom is -0.378 e. The second-order valence-electron chi connectivity index (χ2n) is 9.12. The third kappa shape index (κ3) is 6.61. The summed E-state index contributed by atoms with van der Waals surface area (Å²) in [5.41, 5.74) is -0.531. The van der Waals surface area contributed by atoms with Crippen molar-refractivity contribution >= 4 is 41.0 Å². The van der Waals surface area contributed by atoms with Crippen molar-refractivity contribution in [2.75, 3.05) is 36.5 Å². The molecule has 41 heavy (non-hydrogen) atoms. The summed E-state index contributed by atoms with van der Waals surface area (Å²) >= 11 is 1.71. The van der Waals surface area contributed by atoms with E-state index < -0.39 is 17.1 Å². The lowest BCUT2D eigenvalue weighted by molar-refractivity contribution is 0.122. The molecule has 0 amide bonds. The van der Waals surface area contributed by atoms with Crippen molar-refractivity contribution in [3.05, 3.63) is 76.5 Å². The normalized spacial score (nSPS) is 14.1. The number of aryl methyl sites for hydroxylation is 1. The van der Waals surface area contributed by atoms with Crippen molar-refractivity contribution < 1.29 is 17.9 Å². The molecule has 0 radical (unpaired) electrons. The molecule has 4 aromatic rings. The highest BCUT2D eigenvalue weighted by molar-refractivity contribution is 7.99. The third-order valence-corrected chi connectivity index (χ3v) is 8.22. The van der Waals surface area contributed by atoms with Crippen molar-refractivity contribution in [1.82, 2.24) is 20.2 Å². The van der Waals surface area contributed by atoms with Gasteiger partial charge in [-0.3, -0.25) is 5.10 Å². The molecule has 1 fully saturated rings. The van der Waals surface area contributed by atoms with Crippen molar-refractivity contribution in [2.45, 2.75) is 40.7 Å². The maximum Gasteiger partial charge on any atom is 0.196 e. The quantitative estimate of drug-likeness (QED) is 0.161. The van der Waals surface area contributed by atoms with Gasteiger partial charge in [-0.05, 0) is 49.4 Å². The molecule has 0 aliphatic carbocycles. The average molecular weight is 598 g/mol. The number of thioether (sulfide) groups is 1. The van der Waals surface area contributed by atoms with Gasteiger partial charge in [0.2, 0.25) is 0 Å². The number of anilines is 3. The molecule has 5 rings (SSSR count). The summed E-state index contributed by atoms with van der Waals surface area (Å²) in [5.74, 6) is 0.419. The monoisotopic (exact) mass is 597 g/mol. The number of rotatable bonds is 9. The average Bonchev–Trinajstić information content (AvgIpc) is 3.39. The van der Waals surface area contributed by atoms with Gasteiger partial charge in [0.1, 0.15) is 29.3 Å². The number of hydrogen-bond donors (Lipinski definition) is 2. The van der Waals surface area contributed by atoms with Gasteiger partial charge < -0.3 is 15.0 Å². The second kappa shape index (κ2) is 12.8. The number of aromatic nitrogens is 4. The van der Waals surface area contributed by atoms with Crippen molar-refractivity contribution in [3.63, 3.8) is 0 Å². The van der Waals surface area contributed by atoms with Crippen LogP contribution in [-0.2, 0) is 11.2 Å². The van der Waals surface area contributed by atoms with Crippen LogP contribution in [0.5, 0.6) is 0 Å². The number of ether oxygens (including phenoxy) is 1. The molecule has 1 unspecified atom stereocenters. The molecule has 1 aliphatic rings. The van der Waals surface area contributed by atoms with Crippen LogP contribution in [0.2, 0.25) is 0 Å². The number of benzene rings is 2. The van der Waals surface area contributed by atoms with Crippen molar-refractivity contribution in [2.24, 2.45) is 0 Å². The number of hydrogen-bond acceptors (Lipinski definition) is 9. The predicted octanol–water partition coefficient (Wildman–Crippen LogP) is 6.71. The minimum absolute atomic E-state index is 0.245. The topological polar surface area (TPSA) is 103 Å². The summed E-state index contributed by atoms with van der Waals surface area (Å²) in [7, 11) is 0. The number of nitriles is 1. The van der Waals surface area contributed by atoms with Crippen LogP contribution in [0.1, 0.15) is 34.8 Å². The van der Waals surface area contributed by atoms with Crippen LogP contribution in [0.3, 0.4) is 0 Å². The van der Waals surface area contributed by atoms with Gasteiger partial charge in [0, 0.05) is 40.9 Å². The van der Waals surface area contributed by atoms with E-state index in [9.17, 15) is 8.78 Å². The molecule has 8 nitrogen and oxygen atoms in total. The predicted molar refractivity (Wildman–Crippen MR) is 152 cm³/mol. The fourth-order valence-electron chi connectivity index (χ4n) is 4.30. The maximum absolute atomic E-state index is 15.3. The van der Waals surface area contributed by atoms with E-state index in [0.717, 1.165) is 28.8 Å². The Morgan fingerprint density at radius 2 is 1.98 bits per heavy atom. The lowest BCUT2D eigenvalue weighted by atomic mass is 10.1. The van der Waals surface area contributed by atoms with E-state index in [2.05, 4.69) is 20.4 Å². The molecule has 0 bridgehead atoms. The zero-order chi connectivity index (χ0) is 28.9. The first-order valence-electron chi connectivity index (χ1n) is 12.9. The molecule has 0 saturated carbocycles. The van der Waals surface area contributed by atoms with E-state index in [4.69, 9.17) is 20.0 Å². The minimum atomic E-state index is -1.82. The first-order valence-corrected chi connectivity index (χ1v) is 14.5. The standard InChI is InChI=1S/C28H26F3N7OS2/c1-3-19-26(33-23-13-16(2)36-37-23)34-28(35-27(19)38-9-11-39-12-10-38)41-22-8-7-18(14-21(22)29)40-25(31)20-6-4-5-17(15-32)24(20)30/h4-8,13-14,25H,3,9-12H2,1-2H3,(H2,33,34,35,36,37). The van der Waals surface area contributed by atoms with Crippen LogP contribution in [0.15, 0.2) is 57.4 Å². The van der Waals surface area contributed by atoms with Gasteiger partial charge in [-0.25, -0.2) is 23.1 Å². The smallest absolute Gasteiger partial charge is 0.196 e. The number of alkyl halides is 1. The zero-order valence-electron chi connectivity index (χ0n) is 22.2. The summed E-state index contributed by atoms with van der Waals surface area (Å²) in [6.45, 7) is 6.40. The lowest BCUT2D eigenvalue weighted by Crippen LogP contribution is -2.37. The number of aromatic amines is 1. The third-order valence-electron chi connectivity index (χ3n) is 6.32. The fourth-order valence-corrected chi connectivity index (χ4v) is 5.92. The van der Waals surface area contributed by atoms with E-state index in [0.29, 0.717) is 61.3 Å². The summed E-state index contributed by atoms with van der Waals surface area (Å²) in [6.07, 6.45) is 0.659. The molecule has 2 N–H and O–H groups in total. The molecular formula is C28H26F3N7OS2. The van der Waals surface area contributed by atoms with Gasteiger partial charge in [0.05, 0.1) is 23.7 Å². The Morgan fingerprint density at radius 1 is 1.17 bits per heavy atom. The van der Waals surface area contributed by atoms with E-state index in [1.807, 2.05) is 19.9 Å². The molecule has 212 valence electrons. The van der Waals surface area contributed by atoms with Crippen molar-refractivity contribution in [1.29, 1.82) is 5.26 Å². The van der Waals surface area contributed by atoms with Crippen LogP contribution in [0.25, 0.3) is 0 Å². The Labute approximate surface area is 243 Å². The summed E-state index contributed by atoms with van der Waals surface area (Å²) in [4.78, 5) is 12.2. The molecule has 1 atom stereocenters. The Hall–Kier alpha value is -3.73. The van der Waals surface area contributed by atoms with Gasteiger partial charge >= 0.3 is 0 Å². The van der Waals surface area contributed by atoms with Crippen LogP contribution >= 0.6 is 23.5 Å². The summed E-state index contributed by atoms with van der Waals surface area (Å²) in [6, 6.07) is 11.8. The lowest BCUT2D eigenvalue weighted by Gasteiger charge is -2.30. The number of halogens is 3. The Balaban J connectivity index is 1.41. The molecule has 0 spiro atoms. The SMILES string of the molecule is CCc1c(Nc2cc(C)[nH]n2)nc(Sc2ccc(SC(F)c3cccc(C#N)c3F)cc2F)nc1N1CCOCC1. The van der Waals surface area contributed by atoms with Crippen molar-refractivity contribution in [3.8, 4) is 6.07 Å². The van der Waals surface area contributed by atoms with Crippen LogP contribution < -0.4 is 10.2 Å². The van der Waals surface area contributed by atoms with E-state index in [1.165, 1.54) is 30.3 Å². The Bertz CT molecular complexity index is 1590. The molecule has 2 aromatic carbocycles. The Morgan fingerprint density at radius 3 is 2.66 bits per heavy atom. The first kappa shape index (κ1) is 28.8. The highest BCUT2D eigenvalue weighted by Gasteiger charge is 2.23. The van der Waals surface area contributed by atoms with E-state index >= 15 is 4.39 Å². The summed E-state index contributed by atoms with van der Waals surface area (Å²) in [5, 5.41) is 19.8. The largest absolute Gasteiger partial charge is 0.378 e. The highest BCUT2D eigenvalue weighted by atomic mass is 32.2. The van der Waals surface area contributed by atoms with Gasteiger partial charge in [-0.2, -0.15) is 10.4 Å². The molecule has 1 aliphatic heterocycles. The highest BCUT2D eigenvalue weighted by Crippen LogP contribution is 2.40. The molecule has 1 saturated heterocycles. The van der Waals surface area contributed by atoms with Crippen LogP contribution in [-0.4, -0.2) is 46.5 Å². The van der Waals surface area contributed by atoms with Gasteiger partial charge in [0.15, 0.2) is 16.5 Å². The fraction of sp³-hybridized carbons (Fsp3) is 0.286. The van der Waals surface area contributed by atoms with Crippen LogP contribution in [0, 0.1) is 29.9 Å². The second-order valence-corrected chi connectivity index (χ2v) is 11.2. The molecule has 13 heteroatoms. The zero-order valence-corrected chi connectivity index (χ0v) is 23.9. The molecule has 3 heterocycles. The number of morpholine rings is 1. The number of nitrogens with one attached hydrogen (secondary N) is 2. The maximum atomic E-state index is 15.3. The van der Waals surface area contributed by atoms with E-state index in [-0.39, 0.29) is 20.9 Å². The first-order chi connectivity index (χ1) is 19.9. The molecule has 2 aromatic heterocycles. The summed E-state index contributed by atoms with van der Waals surface area (Å²) < 4.78 is 50.1. The van der Waals surface area contributed by atoms with Gasteiger partial charge in [-0.1, -0.05) is 30.8 Å². The Kier molecular flexibility index (Phi) is 9.02.